The Kier molecular flexibility index (Phi) is 6.31. The zero-order chi connectivity index (χ0) is 18.6. The lowest BCUT2D eigenvalue weighted by molar-refractivity contribution is 0.0173. The third-order valence-electron chi connectivity index (χ3n) is 4.56. The van der Waals surface area contributed by atoms with Crippen molar-refractivity contribution in [3.05, 3.63) is 46.2 Å². The summed E-state index contributed by atoms with van der Waals surface area (Å²) in [5.74, 6) is 0.674. The molecule has 3 rings (SSSR count). The van der Waals surface area contributed by atoms with E-state index in [1.807, 2.05) is 12.3 Å². The number of aryl methyl sites for hydroxylation is 1. The molecule has 0 saturated carbocycles. The molecule has 142 valence electrons. The van der Waals surface area contributed by atoms with Crippen LogP contribution in [0.25, 0.3) is 0 Å². The Morgan fingerprint density at radius 3 is 2.69 bits per heavy atom. The fourth-order valence-electron chi connectivity index (χ4n) is 3.10. The van der Waals surface area contributed by atoms with Gasteiger partial charge in [0.2, 0.25) is 10.0 Å². The SMILES string of the molecule is COc1ccc(S(=O)(=O)NCC(c2ccsc2)N2CCOCC2)cc1C. The van der Waals surface area contributed by atoms with Crippen molar-refractivity contribution in [1.29, 1.82) is 0 Å². The summed E-state index contributed by atoms with van der Waals surface area (Å²) in [4.78, 5) is 2.52. The van der Waals surface area contributed by atoms with E-state index in [1.165, 1.54) is 0 Å². The van der Waals surface area contributed by atoms with E-state index in [0.717, 1.165) is 24.2 Å². The Labute approximate surface area is 158 Å². The molecule has 0 amide bonds. The molecular formula is C18H24N2O4S2. The molecule has 0 spiro atoms. The van der Waals surface area contributed by atoms with Crippen LogP contribution in [0.5, 0.6) is 5.75 Å². The zero-order valence-electron chi connectivity index (χ0n) is 15.0. The lowest BCUT2D eigenvalue weighted by Crippen LogP contribution is -2.43. The van der Waals surface area contributed by atoms with Gasteiger partial charge in [-0.2, -0.15) is 11.3 Å². The van der Waals surface area contributed by atoms with Crippen LogP contribution in [-0.2, 0) is 14.8 Å². The van der Waals surface area contributed by atoms with Crippen LogP contribution >= 0.6 is 11.3 Å². The highest BCUT2D eigenvalue weighted by Gasteiger charge is 2.25. The molecule has 1 unspecified atom stereocenters. The highest BCUT2D eigenvalue weighted by molar-refractivity contribution is 7.89. The highest BCUT2D eigenvalue weighted by atomic mass is 32.2. The molecule has 0 radical (unpaired) electrons. The van der Waals surface area contributed by atoms with E-state index < -0.39 is 10.0 Å². The Morgan fingerprint density at radius 1 is 1.31 bits per heavy atom. The number of benzene rings is 1. The maximum absolute atomic E-state index is 12.7. The molecule has 1 fully saturated rings. The lowest BCUT2D eigenvalue weighted by atomic mass is 10.1. The van der Waals surface area contributed by atoms with Crippen LogP contribution in [-0.4, -0.2) is 53.3 Å². The number of rotatable bonds is 7. The van der Waals surface area contributed by atoms with Gasteiger partial charge in [-0.05, 0) is 53.1 Å². The highest BCUT2D eigenvalue weighted by Crippen LogP contribution is 2.25. The molecule has 1 aromatic carbocycles. The number of morpholine rings is 1. The van der Waals surface area contributed by atoms with Crippen molar-refractivity contribution in [3.63, 3.8) is 0 Å². The van der Waals surface area contributed by atoms with Gasteiger partial charge in [-0.15, -0.1) is 0 Å². The van der Waals surface area contributed by atoms with Crippen molar-refractivity contribution in [1.82, 2.24) is 9.62 Å². The van der Waals surface area contributed by atoms with Gasteiger partial charge in [0.15, 0.2) is 0 Å². The molecule has 2 heterocycles. The third kappa shape index (κ3) is 4.44. The second-order valence-corrected chi connectivity index (χ2v) is 8.75. The van der Waals surface area contributed by atoms with E-state index in [-0.39, 0.29) is 10.9 Å². The number of ether oxygens (including phenoxy) is 2. The minimum Gasteiger partial charge on any atom is -0.496 e. The summed E-state index contributed by atoms with van der Waals surface area (Å²) in [5, 5.41) is 4.09. The fraction of sp³-hybridized carbons (Fsp3) is 0.444. The van der Waals surface area contributed by atoms with Crippen molar-refractivity contribution >= 4 is 21.4 Å². The van der Waals surface area contributed by atoms with E-state index in [9.17, 15) is 8.42 Å². The van der Waals surface area contributed by atoms with E-state index in [2.05, 4.69) is 21.1 Å². The number of hydrogen-bond donors (Lipinski definition) is 1. The molecule has 6 nitrogen and oxygen atoms in total. The van der Waals surface area contributed by atoms with Crippen LogP contribution in [0.2, 0.25) is 0 Å². The van der Waals surface area contributed by atoms with Gasteiger partial charge in [0.05, 0.1) is 25.2 Å². The van der Waals surface area contributed by atoms with Gasteiger partial charge >= 0.3 is 0 Å². The monoisotopic (exact) mass is 396 g/mol. The average Bonchev–Trinajstić information content (AvgIpc) is 3.17. The number of hydrogen-bond acceptors (Lipinski definition) is 6. The van der Waals surface area contributed by atoms with Crippen LogP contribution in [0.4, 0.5) is 0 Å². The van der Waals surface area contributed by atoms with E-state index in [4.69, 9.17) is 9.47 Å². The molecule has 0 bridgehead atoms. The summed E-state index contributed by atoms with van der Waals surface area (Å²) in [6.45, 7) is 5.09. The summed E-state index contributed by atoms with van der Waals surface area (Å²) in [6.07, 6.45) is 0. The largest absolute Gasteiger partial charge is 0.496 e. The van der Waals surface area contributed by atoms with Crippen molar-refractivity contribution in [2.75, 3.05) is 40.0 Å². The summed E-state index contributed by atoms with van der Waals surface area (Å²) >= 11 is 1.62. The van der Waals surface area contributed by atoms with Crippen molar-refractivity contribution in [2.24, 2.45) is 0 Å². The van der Waals surface area contributed by atoms with Gasteiger partial charge in [-0.3, -0.25) is 4.90 Å². The van der Waals surface area contributed by atoms with Crippen LogP contribution in [0.3, 0.4) is 0 Å². The molecule has 0 aliphatic carbocycles. The summed E-state index contributed by atoms with van der Waals surface area (Å²) in [5.41, 5.74) is 1.92. The van der Waals surface area contributed by atoms with Crippen LogP contribution in [0.1, 0.15) is 17.2 Å². The second-order valence-electron chi connectivity index (χ2n) is 6.20. The number of nitrogens with one attached hydrogen (secondary N) is 1. The fourth-order valence-corrected chi connectivity index (χ4v) is 4.93. The number of nitrogens with zero attached hydrogens (tertiary/aromatic N) is 1. The maximum Gasteiger partial charge on any atom is 0.240 e. The first-order valence-electron chi connectivity index (χ1n) is 8.49. The Bertz CT molecular complexity index is 816. The topological polar surface area (TPSA) is 67.9 Å². The molecule has 1 atom stereocenters. The molecule has 26 heavy (non-hydrogen) atoms. The minimum atomic E-state index is -3.59. The zero-order valence-corrected chi connectivity index (χ0v) is 16.6. The first-order chi connectivity index (χ1) is 12.5. The van der Waals surface area contributed by atoms with Crippen LogP contribution in [0, 0.1) is 6.92 Å². The van der Waals surface area contributed by atoms with E-state index in [0.29, 0.717) is 25.5 Å². The predicted octanol–water partition coefficient (Wildman–Crippen LogP) is 2.42. The van der Waals surface area contributed by atoms with Gasteiger partial charge in [-0.25, -0.2) is 13.1 Å². The molecule has 1 saturated heterocycles. The van der Waals surface area contributed by atoms with Crippen molar-refractivity contribution in [3.8, 4) is 5.75 Å². The molecule has 2 aromatic rings. The molecule has 8 heteroatoms. The smallest absolute Gasteiger partial charge is 0.240 e. The predicted molar refractivity (Wildman–Crippen MR) is 102 cm³/mol. The first kappa shape index (κ1) is 19.3. The third-order valence-corrected chi connectivity index (χ3v) is 6.68. The van der Waals surface area contributed by atoms with E-state index in [1.54, 1.807) is 36.6 Å². The molecule has 1 aliphatic heterocycles. The van der Waals surface area contributed by atoms with Gasteiger partial charge in [0, 0.05) is 25.7 Å². The molecule has 1 N–H and O–H groups in total. The summed E-state index contributed by atoms with van der Waals surface area (Å²) < 4.78 is 38.9. The first-order valence-corrected chi connectivity index (χ1v) is 10.9. The van der Waals surface area contributed by atoms with Gasteiger partial charge < -0.3 is 9.47 Å². The standard InChI is InChI=1S/C18H24N2O4S2/c1-14-11-16(3-4-18(14)23-2)26(21,22)19-12-17(15-5-10-25-13-15)20-6-8-24-9-7-20/h3-5,10-11,13,17,19H,6-9,12H2,1-2H3. The number of sulfonamides is 1. The van der Waals surface area contributed by atoms with E-state index >= 15 is 0 Å². The number of methoxy groups -OCH3 is 1. The Hall–Kier alpha value is -1.45. The van der Waals surface area contributed by atoms with Gasteiger partial charge in [0.25, 0.3) is 0 Å². The molecule has 1 aromatic heterocycles. The molecule has 1 aliphatic rings. The quantitative estimate of drug-likeness (QED) is 0.778. The van der Waals surface area contributed by atoms with Crippen molar-refractivity contribution in [2.45, 2.75) is 17.9 Å². The van der Waals surface area contributed by atoms with Crippen LogP contribution < -0.4 is 9.46 Å². The normalized spacial score (nSPS) is 17.2. The summed E-state index contributed by atoms with van der Waals surface area (Å²) in [7, 11) is -2.02. The Balaban J connectivity index is 1.76. The Morgan fingerprint density at radius 2 is 2.08 bits per heavy atom. The minimum absolute atomic E-state index is 0.000676. The summed E-state index contributed by atoms with van der Waals surface area (Å²) in [6, 6.07) is 6.94. The van der Waals surface area contributed by atoms with Crippen LogP contribution in [0.15, 0.2) is 39.9 Å². The second kappa shape index (κ2) is 8.49. The van der Waals surface area contributed by atoms with Gasteiger partial charge in [0.1, 0.15) is 5.75 Å². The van der Waals surface area contributed by atoms with Crippen molar-refractivity contribution < 1.29 is 17.9 Å². The number of thiophene rings is 1. The average molecular weight is 397 g/mol. The maximum atomic E-state index is 12.7. The van der Waals surface area contributed by atoms with Gasteiger partial charge in [-0.1, -0.05) is 0 Å². The molecular weight excluding hydrogens is 372 g/mol. The lowest BCUT2D eigenvalue weighted by Gasteiger charge is -2.34.